The van der Waals surface area contributed by atoms with Crippen LogP contribution in [0.2, 0.25) is 10.0 Å². The normalized spacial score (nSPS) is 12.8. The van der Waals surface area contributed by atoms with E-state index in [-0.39, 0.29) is 24.0 Å². The number of rotatable bonds is 9. The molecule has 1 N–H and O–H groups in total. The maximum atomic E-state index is 13.2. The van der Waals surface area contributed by atoms with Crippen LogP contribution in [0.3, 0.4) is 0 Å². The van der Waals surface area contributed by atoms with Gasteiger partial charge >= 0.3 is 0 Å². The Morgan fingerprint density at radius 2 is 1.86 bits per heavy atom. The number of amides is 1. The average molecular weight is 524 g/mol. The summed E-state index contributed by atoms with van der Waals surface area (Å²) in [6.45, 7) is 1.63. The van der Waals surface area contributed by atoms with Gasteiger partial charge in [-0.2, -0.15) is 4.31 Å². The van der Waals surface area contributed by atoms with Crippen LogP contribution in [-0.4, -0.2) is 44.9 Å². The number of methoxy groups -OCH3 is 1. The van der Waals surface area contributed by atoms with Crippen molar-refractivity contribution in [2.75, 3.05) is 20.3 Å². The zero-order valence-corrected chi connectivity index (χ0v) is 19.8. The van der Waals surface area contributed by atoms with Crippen LogP contribution in [0.1, 0.15) is 12.5 Å². The third-order valence-electron chi connectivity index (χ3n) is 3.96. The summed E-state index contributed by atoms with van der Waals surface area (Å²) in [6.07, 6.45) is 0. The van der Waals surface area contributed by atoms with Crippen molar-refractivity contribution in [1.82, 2.24) is 9.62 Å². The Bertz CT molecular complexity index is 955. The van der Waals surface area contributed by atoms with Gasteiger partial charge < -0.3 is 10.1 Å². The molecule has 0 heterocycles. The fourth-order valence-electron chi connectivity index (χ4n) is 2.59. The second kappa shape index (κ2) is 10.7. The van der Waals surface area contributed by atoms with E-state index in [1.807, 2.05) is 0 Å². The Morgan fingerprint density at radius 3 is 2.45 bits per heavy atom. The van der Waals surface area contributed by atoms with Gasteiger partial charge in [0.1, 0.15) is 0 Å². The van der Waals surface area contributed by atoms with E-state index in [4.69, 9.17) is 27.9 Å². The lowest BCUT2D eigenvalue weighted by atomic mass is 10.2. The Labute approximate surface area is 189 Å². The second-order valence-corrected chi connectivity index (χ2v) is 10.1. The summed E-state index contributed by atoms with van der Waals surface area (Å²) >= 11 is 15.4. The van der Waals surface area contributed by atoms with E-state index in [1.54, 1.807) is 31.2 Å². The molecule has 0 aliphatic heterocycles. The molecule has 1 amide bonds. The number of nitrogens with one attached hydrogen (secondary N) is 1. The molecule has 0 aliphatic rings. The summed E-state index contributed by atoms with van der Waals surface area (Å²) in [7, 11) is -2.43. The molecule has 29 heavy (non-hydrogen) atoms. The zero-order valence-electron chi connectivity index (χ0n) is 15.9. The minimum Gasteiger partial charge on any atom is -0.383 e. The van der Waals surface area contributed by atoms with Gasteiger partial charge in [-0.25, -0.2) is 8.42 Å². The Balaban J connectivity index is 2.33. The van der Waals surface area contributed by atoms with E-state index in [9.17, 15) is 13.2 Å². The minimum atomic E-state index is -3.96. The Morgan fingerprint density at radius 1 is 1.21 bits per heavy atom. The number of carbonyl (C=O) groups excluding carboxylic acids is 1. The number of hydrogen-bond donors (Lipinski definition) is 1. The van der Waals surface area contributed by atoms with Gasteiger partial charge in [0.15, 0.2) is 0 Å². The first-order valence-electron chi connectivity index (χ1n) is 8.61. The number of halogens is 3. The predicted molar refractivity (Wildman–Crippen MR) is 118 cm³/mol. The lowest BCUT2D eigenvalue weighted by Crippen LogP contribution is -2.44. The molecular formula is C19H21BrCl2N2O4S. The van der Waals surface area contributed by atoms with Gasteiger partial charge in [0.2, 0.25) is 15.9 Å². The smallest absolute Gasteiger partial charge is 0.243 e. The molecule has 0 aromatic heterocycles. The molecule has 6 nitrogen and oxygen atoms in total. The van der Waals surface area contributed by atoms with Gasteiger partial charge in [-0.05, 0) is 48.9 Å². The number of ether oxygens (including phenoxy) is 1. The molecule has 0 spiro atoms. The highest BCUT2D eigenvalue weighted by Crippen LogP contribution is 2.25. The number of hydrogen-bond acceptors (Lipinski definition) is 4. The molecule has 2 aromatic rings. The van der Waals surface area contributed by atoms with Gasteiger partial charge in [0, 0.05) is 34.2 Å². The zero-order chi connectivity index (χ0) is 21.6. The van der Waals surface area contributed by atoms with Gasteiger partial charge in [0.05, 0.1) is 18.0 Å². The molecule has 0 saturated carbocycles. The van der Waals surface area contributed by atoms with Crippen LogP contribution < -0.4 is 5.32 Å². The molecule has 10 heteroatoms. The van der Waals surface area contributed by atoms with Crippen molar-refractivity contribution >= 4 is 55.1 Å². The average Bonchev–Trinajstić information content (AvgIpc) is 2.63. The summed E-state index contributed by atoms with van der Waals surface area (Å²) in [4.78, 5) is 12.5. The number of nitrogens with zero attached hydrogens (tertiary/aromatic N) is 1. The Kier molecular flexibility index (Phi) is 8.93. The van der Waals surface area contributed by atoms with E-state index >= 15 is 0 Å². The monoisotopic (exact) mass is 522 g/mol. The molecule has 0 bridgehead atoms. The summed E-state index contributed by atoms with van der Waals surface area (Å²) < 4.78 is 33.2. The molecule has 1 atom stereocenters. The van der Waals surface area contributed by atoms with Crippen LogP contribution in [0.15, 0.2) is 51.8 Å². The van der Waals surface area contributed by atoms with Crippen molar-refractivity contribution in [2.45, 2.75) is 24.4 Å². The Hall–Kier alpha value is -1.16. The molecule has 158 valence electrons. The van der Waals surface area contributed by atoms with Gasteiger partial charge in [0.25, 0.3) is 0 Å². The predicted octanol–water partition coefficient (Wildman–Crippen LogP) is 4.10. The fourth-order valence-corrected chi connectivity index (χ4v) is 4.70. The molecule has 0 aliphatic carbocycles. The largest absolute Gasteiger partial charge is 0.383 e. The standard InChI is InChI=1S/C19H21BrCl2N2O4S/c1-13(12-28-2)23-19(25)11-24(10-14-3-6-16(21)9-18(14)22)29(26,27)17-7-4-15(20)5-8-17/h3-9,13H,10-12H2,1-2H3,(H,23,25)/t13-/m0/s1. The van der Waals surface area contributed by atoms with Gasteiger partial charge in [-0.1, -0.05) is 45.2 Å². The van der Waals surface area contributed by atoms with Crippen LogP contribution in [-0.2, 0) is 26.1 Å². The molecular weight excluding hydrogens is 503 g/mol. The third-order valence-corrected chi connectivity index (χ3v) is 6.88. The van der Waals surface area contributed by atoms with Crippen LogP contribution in [0.5, 0.6) is 0 Å². The maximum Gasteiger partial charge on any atom is 0.243 e. The van der Waals surface area contributed by atoms with Crippen molar-refractivity contribution in [3.8, 4) is 0 Å². The highest BCUT2D eigenvalue weighted by atomic mass is 79.9. The van der Waals surface area contributed by atoms with Gasteiger partial charge in [-0.3, -0.25) is 4.79 Å². The van der Waals surface area contributed by atoms with Crippen LogP contribution in [0.4, 0.5) is 0 Å². The summed E-state index contributed by atoms with van der Waals surface area (Å²) in [5.41, 5.74) is 0.537. The summed E-state index contributed by atoms with van der Waals surface area (Å²) in [5.74, 6) is -0.444. The molecule has 0 saturated heterocycles. The maximum absolute atomic E-state index is 13.2. The molecule has 0 unspecified atom stereocenters. The van der Waals surface area contributed by atoms with E-state index in [1.165, 1.54) is 25.3 Å². The van der Waals surface area contributed by atoms with E-state index in [2.05, 4.69) is 21.2 Å². The molecule has 2 rings (SSSR count). The van der Waals surface area contributed by atoms with E-state index in [0.717, 1.165) is 8.78 Å². The summed E-state index contributed by atoms with van der Waals surface area (Å²) in [6, 6.07) is 10.7. The first-order chi connectivity index (χ1) is 13.6. The van der Waals surface area contributed by atoms with E-state index < -0.39 is 15.9 Å². The second-order valence-electron chi connectivity index (χ2n) is 6.39. The van der Waals surface area contributed by atoms with Crippen LogP contribution >= 0.6 is 39.1 Å². The first-order valence-corrected chi connectivity index (χ1v) is 11.6. The fraction of sp³-hybridized carbons (Fsp3) is 0.316. The molecule has 2 aromatic carbocycles. The number of carbonyl (C=O) groups is 1. The topological polar surface area (TPSA) is 75.7 Å². The van der Waals surface area contributed by atoms with Crippen LogP contribution in [0.25, 0.3) is 0 Å². The van der Waals surface area contributed by atoms with Crippen molar-refractivity contribution < 1.29 is 17.9 Å². The SMILES string of the molecule is COC[C@H](C)NC(=O)CN(Cc1ccc(Cl)cc1Cl)S(=O)(=O)c1ccc(Br)cc1. The lowest BCUT2D eigenvalue weighted by molar-refractivity contribution is -0.122. The van der Waals surface area contributed by atoms with Crippen molar-refractivity contribution in [2.24, 2.45) is 0 Å². The molecule has 0 radical (unpaired) electrons. The highest BCUT2D eigenvalue weighted by Gasteiger charge is 2.28. The lowest BCUT2D eigenvalue weighted by Gasteiger charge is -2.23. The first kappa shape index (κ1) is 24.1. The van der Waals surface area contributed by atoms with Crippen molar-refractivity contribution in [3.05, 3.63) is 62.5 Å². The van der Waals surface area contributed by atoms with Crippen molar-refractivity contribution in [3.63, 3.8) is 0 Å². The van der Waals surface area contributed by atoms with E-state index in [0.29, 0.717) is 22.2 Å². The van der Waals surface area contributed by atoms with Crippen molar-refractivity contribution in [1.29, 1.82) is 0 Å². The number of sulfonamides is 1. The van der Waals surface area contributed by atoms with Gasteiger partial charge in [-0.15, -0.1) is 0 Å². The third kappa shape index (κ3) is 6.94. The quantitative estimate of drug-likeness (QED) is 0.537. The minimum absolute atomic E-state index is 0.0727. The van der Waals surface area contributed by atoms with Crippen LogP contribution in [0, 0.1) is 0 Å². The summed E-state index contributed by atoms with van der Waals surface area (Å²) in [5, 5.41) is 3.48. The number of benzene rings is 2. The molecule has 0 fully saturated rings. The highest BCUT2D eigenvalue weighted by molar-refractivity contribution is 9.10.